The number of guanidine groups is 1. The van der Waals surface area contributed by atoms with E-state index in [0.29, 0.717) is 63.8 Å². The van der Waals surface area contributed by atoms with Gasteiger partial charge in [-0.25, -0.2) is 17.8 Å². The molecule has 2 aliphatic heterocycles. The molecule has 2 N–H and O–H groups in total. The summed E-state index contributed by atoms with van der Waals surface area (Å²) in [5, 5.41) is 12.9. The summed E-state index contributed by atoms with van der Waals surface area (Å²) in [4.78, 5) is 8.57. The predicted octanol–water partition coefficient (Wildman–Crippen LogP) is 1.76. The summed E-state index contributed by atoms with van der Waals surface area (Å²) < 4.78 is 38.4. The molecule has 2 fully saturated rings. The average molecular weight is 441 g/mol. The van der Waals surface area contributed by atoms with Crippen LogP contribution in [0.25, 0.3) is 0 Å². The highest BCUT2D eigenvalue weighted by Crippen LogP contribution is 2.26. The number of hydrogen-bond donors (Lipinski definition) is 2. The van der Waals surface area contributed by atoms with Crippen molar-refractivity contribution in [3.8, 4) is 0 Å². The highest BCUT2D eigenvalue weighted by molar-refractivity contribution is 7.92. The molecular formula is C21H33FN4O3S. The first-order chi connectivity index (χ1) is 14.1. The van der Waals surface area contributed by atoms with Gasteiger partial charge in [0.05, 0.1) is 28.8 Å². The maximum Gasteiger partial charge on any atom is 0.194 e. The summed E-state index contributed by atoms with van der Waals surface area (Å²) in [6.45, 7) is 8.48. The van der Waals surface area contributed by atoms with Crippen molar-refractivity contribution in [3.63, 3.8) is 0 Å². The zero-order chi connectivity index (χ0) is 21.9. The van der Waals surface area contributed by atoms with Crippen molar-refractivity contribution in [2.45, 2.75) is 51.0 Å². The first kappa shape index (κ1) is 22.8. The third-order valence-electron chi connectivity index (χ3n) is 5.91. The Morgan fingerprint density at radius 1 is 1.30 bits per heavy atom. The molecule has 7 nitrogen and oxygen atoms in total. The van der Waals surface area contributed by atoms with Gasteiger partial charge < -0.3 is 20.2 Å². The van der Waals surface area contributed by atoms with Crippen molar-refractivity contribution in [2.75, 3.05) is 43.4 Å². The standard InChI is InChI=1S/C21H33FN4O3S/c1-4-23-20(26-11-12-30(28,29)21(2,3)15-26)24-14-16-5-6-19(18(22)13-16)25-9-7-17(27)8-10-25/h5-6,13,17,27H,4,7-12,14-15H2,1-3H3,(H,23,24). The molecule has 168 valence electrons. The SMILES string of the molecule is CCNC(=NCc1ccc(N2CCC(O)CC2)c(F)c1)N1CCS(=O)(=O)C(C)(C)C1. The lowest BCUT2D eigenvalue weighted by atomic mass is 10.1. The third-order valence-corrected chi connectivity index (χ3v) is 8.44. The van der Waals surface area contributed by atoms with E-state index in [1.54, 1.807) is 19.9 Å². The van der Waals surface area contributed by atoms with Crippen LogP contribution in [0.2, 0.25) is 0 Å². The van der Waals surface area contributed by atoms with E-state index >= 15 is 0 Å². The number of nitrogens with zero attached hydrogens (tertiary/aromatic N) is 3. The predicted molar refractivity (Wildman–Crippen MR) is 118 cm³/mol. The zero-order valence-electron chi connectivity index (χ0n) is 18.1. The van der Waals surface area contributed by atoms with E-state index in [9.17, 15) is 17.9 Å². The Morgan fingerprint density at radius 2 is 2.00 bits per heavy atom. The second-order valence-corrected chi connectivity index (χ2v) is 11.4. The molecule has 2 saturated heterocycles. The molecule has 30 heavy (non-hydrogen) atoms. The fourth-order valence-corrected chi connectivity index (χ4v) is 5.29. The van der Waals surface area contributed by atoms with Gasteiger partial charge in [-0.1, -0.05) is 6.07 Å². The molecule has 0 aromatic heterocycles. The fraction of sp³-hybridized carbons (Fsp3) is 0.667. The van der Waals surface area contributed by atoms with Crippen LogP contribution in [0.3, 0.4) is 0 Å². The molecule has 0 aliphatic carbocycles. The number of nitrogens with one attached hydrogen (secondary N) is 1. The monoisotopic (exact) mass is 440 g/mol. The van der Waals surface area contributed by atoms with Crippen molar-refractivity contribution in [1.29, 1.82) is 0 Å². The number of benzene rings is 1. The first-order valence-corrected chi connectivity index (χ1v) is 12.2. The first-order valence-electron chi connectivity index (χ1n) is 10.6. The average Bonchev–Trinajstić information content (AvgIpc) is 2.68. The Balaban J connectivity index is 1.71. The Bertz CT molecular complexity index is 880. The van der Waals surface area contributed by atoms with Gasteiger partial charge in [0.15, 0.2) is 15.8 Å². The number of aliphatic imine (C=N–C) groups is 1. The summed E-state index contributed by atoms with van der Waals surface area (Å²) in [6, 6.07) is 5.17. The fourth-order valence-electron chi connectivity index (χ4n) is 3.93. The molecule has 0 radical (unpaired) electrons. The molecular weight excluding hydrogens is 407 g/mol. The van der Waals surface area contributed by atoms with E-state index in [1.165, 1.54) is 6.07 Å². The van der Waals surface area contributed by atoms with E-state index in [2.05, 4.69) is 10.3 Å². The highest BCUT2D eigenvalue weighted by Gasteiger charge is 2.40. The normalized spacial score (nSPS) is 22.2. The quantitative estimate of drug-likeness (QED) is 0.548. The third kappa shape index (κ3) is 5.06. The number of aliphatic hydroxyl groups excluding tert-OH is 1. The molecule has 0 unspecified atom stereocenters. The lowest BCUT2D eigenvalue weighted by Crippen LogP contribution is -2.57. The number of rotatable bonds is 4. The molecule has 2 aliphatic rings. The van der Waals surface area contributed by atoms with E-state index in [0.717, 1.165) is 5.56 Å². The molecule has 0 bridgehead atoms. The molecule has 0 saturated carbocycles. The molecule has 1 aromatic rings. The van der Waals surface area contributed by atoms with Gasteiger partial charge in [-0.15, -0.1) is 0 Å². The molecule has 0 spiro atoms. The van der Waals surface area contributed by atoms with Crippen LogP contribution >= 0.6 is 0 Å². The van der Waals surface area contributed by atoms with Crippen LogP contribution in [0.1, 0.15) is 39.2 Å². The largest absolute Gasteiger partial charge is 0.393 e. The minimum atomic E-state index is -3.13. The molecule has 2 heterocycles. The van der Waals surface area contributed by atoms with Crippen LogP contribution in [0.4, 0.5) is 10.1 Å². The molecule has 9 heteroatoms. The van der Waals surface area contributed by atoms with Crippen molar-refractivity contribution < 1.29 is 17.9 Å². The van der Waals surface area contributed by atoms with Gasteiger partial charge in [0.1, 0.15) is 5.82 Å². The topological polar surface area (TPSA) is 85.2 Å². The summed E-state index contributed by atoms with van der Waals surface area (Å²) >= 11 is 0. The van der Waals surface area contributed by atoms with Crippen LogP contribution < -0.4 is 10.2 Å². The number of hydrogen-bond acceptors (Lipinski definition) is 5. The van der Waals surface area contributed by atoms with Gasteiger partial charge in [-0.05, 0) is 51.3 Å². The number of halogens is 1. The number of sulfone groups is 1. The number of piperidine rings is 1. The zero-order valence-corrected chi connectivity index (χ0v) is 18.9. The van der Waals surface area contributed by atoms with Crippen molar-refractivity contribution >= 4 is 21.5 Å². The summed E-state index contributed by atoms with van der Waals surface area (Å²) in [7, 11) is -3.13. The second-order valence-electron chi connectivity index (χ2n) is 8.67. The van der Waals surface area contributed by atoms with Crippen LogP contribution in [-0.4, -0.2) is 73.7 Å². The van der Waals surface area contributed by atoms with Crippen LogP contribution in [-0.2, 0) is 16.4 Å². The smallest absolute Gasteiger partial charge is 0.194 e. The Kier molecular flexibility index (Phi) is 6.91. The van der Waals surface area contributed by atoms with Gasteiger partial charge in [0, 0.05) is 32.7 Å². The lowest BCUT2D eigenvalue weighted by Gasteiger charge is -2.39. The number of aliphatic hydroxyl groups is 1. The summed E-state index contributed by atoms with van der Waals surface area (Å²) in [5.41, 5.74) is 1.32. The van der Waals surface area contributed by atoms with Crippen molar-refractivity contribution in [2.24, 2.45) is 4.99 Å². The maximum atomic E-state index is 14.7. The van der Waals surface area contributed by atoms with Gasteiger partial charge >= 0.3 is 0 Å². The van der Waals surface area contributed by atoms with E-state index in [1.807, 2.05) is 22.8 Å². The second kappa shape index (κ2) is 9.09. The molecule has 1 aromatic carbocycles. The van der Waals surface area contributed by atoms with Crippen LogP contribution in [0, 0.1) is 5.82 Å². The lowest BCUT2D eigenvalue weighted by molar-refractivity contribution is 0.145. The van der Waals surface area contributed by atoms with E-state index < -0.39 is 14.6 Å². The van der Waals surface area contributed by atoms with Crippen LogP contribution in [0.5, 0.6) is 0 Å². The van der Waals surface area contributed by atoms with Crippen molar-refractivity contribution in [1.82, 2.24) is 10.2 Å². The Hall–Kier alpha value is -1.87. The highest BCUT2D eigenvalue weighted by atomic mass is 32.2. The molecule has 0 amide bonds. The van der Waals surface area contributed by atoms with Crippen molar-refractivity contribution in [3.05, 3.63) is 29.6 Å². The van der Waals surface area contributed by atoms with Crippen LogP contribution in [0.15, 0.2) is 23.2 Å². The maximum absolute atomic E-state index is 14.7. The Morgan fingerprint density at radius 3 is 2.60 bits per heavy atom. The van der Waals surface area contributed by atoms with Gasteiger partial charge in [0.2, 0.25) is 0 Å². The minimum Gasteiger partial charge on any atom is -0.393 e. The van der Waals surface area contributed by atoms with E-state index in [-0.39, 0.29) is 17.7 Å². The molecule has 3 rings (SSSR count). The van der Waals surface area contributed by atoms with E-state index in [4.69, 9.17) is 0 Å². The minimum absolute atomic E-state index is 0.0955. The summed E-state index contributed by atoms with van der Waals surface area (Å²) in [5.74, 6) is 0.461. The Labute approximate surface area is 178 Å². The van der Waals surface area contributed by atoms with Gasteiger partial charge in [-0.2, -0.15) is 0 Å². The van der Waals surface area contributed by atoms with Gasteiger partial charge in [-0.3, -0.25) is 0 Å². The summed E-state index contributed by atoms with van der Waals surface area (Å²) in [6.07, 6.45) is 1.01. The molecule has 0 atom stereocenters. The van der Waals surface area contributed by atoms with Gasteiger partial charge in [0.25, 0.3) is 0 Å². The number of anilines is 1.